The molecule has 1 aliphatic heterocycles. The third-order valence-electron chi connectivity index (χ3n) is 3.05. The van der Waals surface area contributed by atoms with Gasteiger partial charge in [0.25, 0.3) is 0 Å². The standard InChI is InChI=1S/C12H16F3N3/c13-12(14,15)9-3-4-11(18-8-9)17-7-5-10-2-1-6-16-10/h3-4,8,10,16H,1-2,5-7H2,(H,17,18)/t10-/m1/s1. The molecule has 0 aliphatic carbocycles. The molecule has 2 N–H and O–H groups in total. The maximum Gasteiger partial charge on any atom is 0.417 e. The Labute approximate surface area is 104 Å². The van der Waals surface area contributed by atoms with E-state index in [1.54, 1.807) is 0 Å². The first-order valence-corrected chi connectivity index (χ1v) is 6.06. The van der Waals surface area contributed by atoms with E-state index >= 15 is 0 Å². The van der Waals surface area contributed by atoms with Crippen molar-refractivity contribution < 1.29 is 13.2 Å². The molecule has 1 saturated heterocycles. The Hall–Kier alpha value is -1.30. The summed E-state index contributed by atoms with van der Waals surface area (Å²) in [6.07, 6.45) is -0.135. The van der Waals surface area contributed by atoms with Crippen molar-refractivity contribution in [1.29, 1.82) is 0 Å². The second kappa shape index (κ2) is 5.56. The maximum atomic E-state index is 12.3. The number of rotatable bonds is 4. The SMILES string of the molecule is FC(F)(F)c1ccc(NCC[C@H]2CCCN2)nc1. The van der Waals surface area contributed by atoms with Crippen LogP contribution in [-0.4, -0.2) is 24.1 Å². The summed E-state index contributed by atoms with van der Waals surface area (Å²) < 4.78 is 36.9. The number of hydrogen-bond acceptors (Lipinski definition) is 3. The van der Waals surface area contributed by atoms with Gasteiger partial charge >= 0.3 is 6.18 Å². The zero-order chi connectivity index (χ0) is 13.0. The molecule has 2 rings (SSSR count). The molecule has 0 aromatic carbocycles. The molecule has 1 aromatic heterocycles. The van der Waals surface area contributed by atoms with Crippen LogP contribution in [0.25, 0.3) is 0 Å². The molecule has 0 bridgehead atoms. The minimum absolute atomic E-state index is 0.487. The zero-order valence-electron chi connectivity index (χ0n) is 9.93. The van der Waals surface area contributed by atoms with Crippen LogP contribution >= 0.6 is 0 Å². The lowest BCUT2D eigenvalue weighted by atomic mass is 10.1. The normalized spacial score (nSPS) is 20.1. The minimum Gasteiger partial charge on any atom is -0.370 e. The molecule has 2 heterocycles. The summed E-state index contributed by atoms with van der Waals surface area (Å²) in [4.78, 5) is 3.76. The van der Waals surface area contributed by atoms with Crippen LogP contribution in [0.1, 0.15) is 24.8 Å². The number of alkyl halides is 3. The molecule has 0 spiro atoms. The lowest BCUT2D eigenvalue weighted by molar-refractivity contribution is -0.137. The van der Waals surface area contributed by atoms with Gasteiger partial charge in [-0.3, -0.25) is 0 Å². The highest BCUT2D eigenvalue weighted by Crippen LogP contribution is 2.28. The Bertz CT molecular complexity index is 369. The molecule has 18 heavy (non-hydrogen) atoms. The second-order valence-corrected chi connectivity index (χ2v) is 4.44. The highest BCUT2D eigenvalue weighted by Gasteiger charge is 2.30. The monoisotopic (exact) mass is 259 g/mol. The fourth-order valence-electron chi connectivity index (χ4n) is 2.04. The lowest BCUT2D eigenvalue weighted by Crippen LogP contribution is -2.24. The number of halogens is 3. The molecule has 0 radical (unpaired) electrons. The molecule has 0 amide bonds. The van der Waals surface area contributed by atoms with Crippen LogP contribution < -0.4 is 10.6 Å². The predicted molar refractivity (Wildman–Crippen MR) is 63.4 cm³/mol. The Morgan fingerprint density at radius 1 is 1.39 bits per heavy atom. The summed E-state index contributed by atoms with van der Waals surface area (Å²) in [5.74, 6) is 0.487. The van der Waals surface area contributed by atoms with Gasteiger partial charge in [-0.1, -0.05) is 0 Å². The van der Waals surface area contributed by atoms with Crippen LogP contribution in [0.15, 0.2) is 18.3 Å². The zero-order valence-corrected chi connectivity index (χ0v) is 9.93. The van der Waals surface area contributed by atoms with Crippen molar-refractivity contribution in [1.82, 2.24) is 10.3 Å². The summed E-state index contributed by atoms with van der Waals surface area (Å²) in [5, 5.41) is 6.39. The Morgan fingerprint density at radius 2 is 2.22 bits per heavy atom. The minimum atomic E-state index is -4.32. The van der Waals surface area contributed by atoms with Crippen LogP contribution in [0, 0.1) is 0 Å². The summed E-state index contributed by atoms with van der Waals surface area (Å²) in [6, 6.07) is 2.93. The van der Waals surface area contributed by atoms with Crippen LogP contribution in [0.3, 0.4) is 0 Å². The first kappa shape index (κ1) is 13.1. The van der Waals surface area contributed by atoms with E-state index in [0.717, 1.165) is 31.8 Å². The average Bonchev–Trinajstić information content (AvgIpc) is 2.82. The number of pyridine rings is 1. The first-order valence-electron chi connectivity index (χ1n) is 6.06. The molecule has 3 nitrogen and oxygen atoms in total. The number of anilines is 1. The van der Waals surface area contributed by atoms with Gasteiger partial charge in [0.05, 0.1) is 5.56 Å². The molecular formula is C12H16F3N3. The molecule has 0 saturated carbocycles. The van der Waals surface area contributed by atoms with E-state index in [4.69, 9.17) is 0 Å². The summed E-state index contributed by atoms with van der Waals surface area (Å²) in [6.45, 7) is 1.78. The van der Waals surface area contributed by atoms with E-state index in [1.807, 2.05) is 0 Å². The highest BCUT2D eigenvalue weighted by atomic mass is 19.4. The van der Waals surface area contributed by atoms with Gasteiger partial charge in [-0.2, -0.15) is 13.2 Å². The Morgan fingerprint density at radius 3 is 2.78 bits per heavy atom. The van der Waals surface area contributed by atoms with Crippen molar-refractivity contribution in [2.45, 2.75) is 31.5 Å². The van der Waals surface area contributed by atoms with E-state index in [2.05, 4.69) is 15.6 Å². The van der Waals surface area contributed by atoms with Gasteiger partial charge in [0.2, 0.25) is 0 Å². The average molecular weight is 259 g/mol. The van der Waals surface area contributed by atoms with Crippen molar-refractivity contribution in [2.24, 2.45) is 0 Å². The van der Waals surface area contributed by atoms with Gasteiger partial charge in [-0.15, -0.1) is 0 Å². The smallest absolute Gasteiger partial charge is 0.370 e. The van der Waals surface area contributed by atoms with Crippen molar-refractivity contribution >= 4 is 5.82 Å². The topological polar surface area (TPSA) is 37.0 Å². The molecular weight excluding hydrogens is 243 g/mol. The van der Waals surface area contributed by atoms with Gasteiger partial charge in [0.1, 0.15) is 5.82 Å². The molecule has 1 aromatic rings. The van der Waals surface area contributed by atoms with Crippen LogP contribution in [-0.2, 0) is 6.18 Å². The first-order chi connectivity index (χ1) is 8.55. The van der Waals surface area contributed by atoms with Gasteiger partial charge in [-0.25, -0.2) is 4.98 Å². The number of aromatic nitrogens is 1. The number of hydrogen-bond donors (Lipinski definition) is 2. The second-order valence-electron chi connectivity index (χ2n) is 4.44. The summed E-state index contributed by atoms with van der Waals surface area (Å²) in [7, 11) is 0. The molecule has 100 valence electrons. The fraction of sp³-hybridized carbons (Fsp3) is 0.583. The largest absolute Gasteiger partial charge is 0.417 e. The van der Waals surface area contributed by atoms with E-state index < -0.39 is 11.7 Å². The van der Waals surface area contributed by atoms with Gasteiger partial charge in [0, 0.05) is 18.8 Å². The summed E-state index contributed by atoms with van der Waals surface area (Å²) >= 11 is 0. The lowest BCUT2D eigenvalue weighted by Gasteiger charge is -2.11. The summed E-state index contributed by atoms with van der Waals surface area (Å²) in [5.41, 5.74) is -0.717. The van der Waals surface area contributed by atoms with Crippen LogP contribution in [0.5, 0.6) is 0 Å². The molecule has 1 aliphatic rings. The number of nitrogens with zero attached hydrogens (tertiary/aromatic N) is 1. The third kappa shape index (κ3) is 3.60. The van der Waals surface area contributed by atoms with Crippen molar-refractivity contribution in [3.05, 3.63) is 23.9 Å². The molecule has 6 heteroatoms. The van der Waals surface area contributed by atoms with Crippen molar-refractivity contribution in [3.63, 3.8) is 0 Å². The van der Waals surface area contributed by atoms with Crippen LogP contribution in [0.2, 0.25) is 0 Å². The maximum absolute atomic E-state index is 12.3. The molecule has 0 unspecified atom stereocenters. The third-order valence-corrected chi connectivity index (χ3v) is 3.05. The van der Waals surface area contributed by atoms with Crippen molar-refractivity contribution in [2.75, 3.05) is 18.4 Å². The Kier molecular flexibility index (Phi) is 4.06. The molecule has 1 atom stereocenters. The number of nitrogens with one attached hydrogen (secondary N) is 2. The Balaban J connectivity index is 1.79. The highest BCUT2D eigenvalue weighted by molar-refractivity contribution is 5.36. The van der Waals surface area contributed by atoms with Gasteiger partial charge in [0.15, 0.2) is 0 Å². The van der Waals surface area contributed by atoms with Gasteiger partial charge < -0.3 is 10.6 Å². The van der Waals surface area contributed by atoms with E-state index in [0.29, 0.717) is 11.9 Å². The quantitative estimate of drug-likeness (QED) is 0.872. The van der Waals surface area contributed by atoms with E-state index in [-0.39, 0.29) is 0 Å². The van der Waals surface area contributed by atoms with Gasteiger partial charge in [-0.05, 0) is 37.9 Å². The van der Waals surface area contributed by atoms with E-state index in [9.17, 15) is 13.2 Å². The van der Waals surface area contributed by atoms with Crippen LogP contribution in [0.4, 0.5) is 19.0 Å². The molecule has 1 fully saturated rings. The predicted octanol–water partition coefficient (Wildman–Crippen LogP) is 2.65. The van der Waals surface area contributed by atoms with Crippen molar-refractivity contribution in [3.8, 4) is 0 Å². The van der Waals surface area contributed by atoms with E-state index in [1.165, 1.54) is 18.9 Å². The fourth-order valence-corrected chi connectivity index (χ4v) is 2.04.